The number of nitrogens with zero attached hydrogens (tertiary/aromatic N) is 1. The van der Waals surface area contributed by atoms with E-state index in [1.54, 1.807) is 17.0 Å². The Bertz CT molecular complexity index is 773. The number of fused-ring (bicyclic) bond motifs is 2. The van der Waals surface area contributed by atoms with E-state index in [9.17, 15) is 19.5 Å². The van der Waals surface area contributed by atoms with Crippen LogP contribution >= 0.6 is 0 Å². The molecule has 1 aliphatic heterocycles. The Kier molecular flexibility index (Phi) is 4.14. The maximum atomic E-state index is 12.6. The van der Waals surface area contributed by atoms with Gasteiger partial charge in [-0.25, -0.2) is 4.79 Å². The third-order valence-electron chi connectivity index (χ3n) is 5.49. The highest BCUT2D eigenvalue weighted by atomic mass is 16.6. The normalized spacial score (nSPS) is 29.1. The minimum atomic E-state index is -0.908. The van der Waals surface area contributed by atoms with Crippen molar-refractivity contribution in [3.05, 3.63) is 42.0 Å². The lowest BCUT2D eigenvalue weighted by molar-refractivity contribution is -0.146. The van der Waals surface area contributed by atoms with Crippen LogP contribution in [0.3, 0.4) is 0 Å². The molecule has 136 valence electrons. The molecule has 1 aromatic rings. The summed E-state index contributed by atoms with van der Waals surface area (Å²) in [5, 5.41) is 12.3. The average molecular weight is 356 g/mol. The van der Waals surface area contributed by atoms with Gasteiger partial charge in [-0.3, -0.25) is 9.59 Å². The molecular formula is C19H20N2O5. The lowest BCUT2D eigenvalue weighted by Crippen LogP contribution is -2.36. The van der Waals surface area contributed by atoms with Gasteiger partial charge in [0.25, 0.3) is 0 Å². The fraction of sp³-hybridized carbons (Fsp3) is 0.421. The van der Waals surface area contributed by atoms with Crippen LogP contribution in [0.4, 0.5) is 10.5 Å². The number of benzene rings is 1. The third kappa shape index (κ3) is 2.94. The van der Waals surface area contributed by atoms with Crippen molar-refractivity contribution in [3.8, 4) is 0 Å². The highest BCUT2D eigenvalue weighted by molar-refractivity contribution is 5.96. The van der Waals surface area contributed by atoms with Crippen LogP contribution in [-0.4, -0.2) is 41.1 Å². The molecule has 0 aromatic heterocycles. The summed E-state index contributed by atoms with van der Waals surface area (Å²) in [7, 11) is 0. The SMILES string of the molecule is O=C(O)[C@@H]1[C@H](C(=O)Nc2ccc(CN3CCOC3=O)cc2)[C@H]2C=C[C@H]1C2. The Morgan fingerprint density at radius 1 is 1.15 bits per heavy atom. The van der Waals surface area contributed by atoms with E-state index in [4.69, 9.17) is 4.74 Å². The lowest BCUT2D eigenvalue weighted by atomic mass is 9.82. The zero-order valence-electron chi connectivity index (χ0n) is 14.1. The van der Waals surface area contributed by atoms with Crippen molar-refractivity contribution in [2.75, 3.05) is 18.5 Å². The molecule has 3 aliphatic rings. The Balaban J connectivity index is 1.41. The molecule has 0 radical (unpaired) electrons. The molecule has 0 unspecified atom stereocenters. The number of aliphatic carboxylic acids is 1. The van der Waals surface area contributed by atoms with Crippen LogP contribution in [0.1, 0.15) is 12.0 Å². The van der Waals surface area contributed by atoms with Crippen molar-refractivity contribution in [2.24, 2.45) is 23.7 Å². The fourth-order valence-corrected chi connectivity index (χ4v) is 4.23. The van der Waals surface area contributed by atoms with E-state index in [0.717, 1.165) is 12.0 Å². The molecule has 1 saturated carbocycles. The van der Waals surface area contributed by atoms with Gasteiger partial charge in [-0.1, -0.05) is 24.3 Å². The summed E-state index contributed by atoms with van der Waals surface area (Å²) >= 11 is 0. The van der Waals surface area contributed by atoms with Crippen LogP contribution in [0.25, 0.3) is 0 Å². The van der Waals surface area contributed by atoms with Crippen molar-refractivity contribution >= 4 is 23.7 Å². The quantitative estimate of drug-likeness (QED) is 0.788. The van der Waals surface area contributed by atoms with Crippen molar-refractivity contribution in [2.45, 2.75) is 13.0 Å². The summed E-state index contributed by atoms with van der Waals surface area (Å²) in [4.78, 5) is 37.3. The zero-order valence-corrected chi connectivity index (χ0v) is 14.1. The number of hydrogen-bond donors (Lipinski definition) is 2. The molecule has 7 nitrogen and oxygen atoms in total. The van der Waals surface area contributed by atoms with Gasteiger partial charge in [-0.15, -0.1) is 0 Å². The molecule has 1 aromatic carbocycles. The summed E-state index contributed by atoms with van der Waals surface area (Å²) in [5.41, 5.74) is 1.56. The minimum absolute atomic E-state index is 0.00144. The second-order valence-electron chi connectivity index (χ2n) is 7.06. The largest absolute Gasteiger partial charge is 0.481 e. The van der Waals surface area contributed by atoms with Gasteiger partial charge in [0.1, 0.15) is 6.61 Å². The molecule has 2 N–H and O–H groups in total. The van der Waals surface area contributed by atoms with Gasteiger partial charge < -0.3 is 20.1 Å². The standard InChI is InChI=1S/C19H20N2O5/c22-17(15-12-3-4-13(9-12)16(15)18(23)24)20-14-5-1-11(2-6-14)10-21-7-8-26-19(21)25/h1-6,12-13,15-16H,7-10H2,(H,20,22)(H,23,24)/t12-,13-,15+,16-/m0/s1. The number of amides is 2. The predicted octanol–water partition coefficient (Wildman–Crippen LogP) is 2.10. The number of carbonyl (C=O) groups excluding carboxylic acids is 2. The van der Waals surface area contributed by atoms with E-state index in [2.05, 4.69) is 5.32 Å². The maximum absolute atomic E-state index is 12.6. The first kappa shape index (κ1) is 16.6. The maximum Gasteiger partial charge on any atom is 0.410 e. The highest BCUT2D eigenvalue weighted by Gasteiger charge is 2.51. The zero-order chi connectivity index (χ0) is 18.3. The summed E-state index contributed by atoms with van der Waals surface area (Å²) in [6.07, 6.45) is 4.31. The van der Waals surface area contributed by atoms with Crippen molar-refractivity contribution in [1.82, 2.24) is 4.90 Å². The van der Waals surface area contributed by atoms with Gasteiger partial charge in [0.2, 0.25) is 5.91 Å². The molecule has 2 aliphatic carbocycles. The van der Waals surface area contributed by atoms with Gasteiger partial charge in [-0.2, -0.15) is 0 Å². The first-order chi connectivity index (χ1) is 12.5. The summed E-state index contributed by atoms with van der Waals surface area (Å²) in [6.45, 7) is 1.45. The second kappa shape index (κ2) is 6.48. The molecular weight excluding hydrogens is 336 g/mol. The molecule has 2 amide bonds. The van der Waals surface area contributed by atoms with Crippen LogP contribution in [0.2, 0.25) is 0 Å². The smallest absolute Gasteiger partial charge is 0.410 e. The first-order valence-electron chi connectivity index (χ1n) is 8.75. The number of carboxylic acids is 1. The Hall–Kier alpha value is -2.83. The topological polar surface area (TPSA) is 95.9 Å². The van der Waals surface area contributed by atoms with E-state index in [0.29, 0.717) is 25.4 Å². The van der Waals surface area contributed by atoms with Gasteiger partial charge in [0.05, 0.1) is 18.4 Å². The van der Waals surface area contributed by atoms with E-state index in [1.807, 2.05) is 24.3 Å². The Morgan fingerprint density at radius 2 is 1.85 bits per heavy atom. The first-order valence-corrected chi connectivity index (χ1v) is 8.75. The molecule has 2 bridgehead atoms. The van der Waals surface area contributed by atoms with Crippen LogP contribution in [0.15, 0.2) is 36.4 Å². The van der Waals surface area contributed by atoms with Crippen LogP contribution < -0.4 is 5.32 Å². The highest BCUT2D eigenvalue weighted by Crippen LogP contribution is 2.48. The van der Waals surface area contributed by atoms with Crippen molar-refractivity contribution < 1.29 is 24.2 Å². The number of carboxylic acid groups (broad SMARTS) is 1. The second-order valence-corrected chi connectivity index (χ2v) is 7.06. The van der Waals surface area contributed by atoms with Crippen molar-refractivity contribution in [3.63, 3.8) is 0 Å². The third-order valence-corrected chi connectivity index (χ3v) is 5.49. The van der Waals surface area contributed by atoms with Gasteiger partial charge in [-0.05, 0) is 36.0 Å². The molecule has 4 rings (SSSR count). The van der Waals surface area contributed by atoms with Gasteiger partial charge in [0.15, 0.2) is 0 Å². The minimum Gasteiger partial charge on any atom is -0.481 e. The molecule has 2 fully saturated rings. The average Bonchev–Trinajstić information content (AvgIpc) is 3.33. The molecule has 7 heteroatoms. The summed E-state index contributed by atoms with van der Waals surface area (Å²) in [6, 6.07) is 7.23. The van der Waals surface area contributed by atoms with Crippen LogP contribution in [-0.2, 0) is 20.9 Å². The molecule has 1 heterocycles. The number of rotatable bonds is 5. The number of carbonyl (C=O) groups is 3. The summed E-state index contributed by atoms with van der Waals surface area (Å²) in [5.74, 6) is -2.37. The Labute approximate surface area is 150 Å². The van der Waals surface area contributed by atoms with E-state index in [-0.39, 0.29) is 23.8 Å². The predicted molar refractivity (Wildman–Crippen MR) is 92.2 cm³/mol. The van der Waals surface area contributed by atoms with Crippen LogP contribution in [0.5, 0.6) is 0 Å². The number of ether oxygens (including phenoxy) is 1. The number of anilines is 1. The Morgan fingerprint density at radius 3 is 2.46 bits per heavy atom. The van der Waals surface area contributed by atoms with Crippen LogP contribution in [0, 0.1) is 23.7 Å². The fourth-order valence-electron chi connectivity index (χ4n) is 4.23. The van der Waals surface area contributed by atoms with E-state index >= 15 is 0 Å². The van der Waals surface area contributed by atoms with Gasteiger partial charge >= 0.3 is 12.1 Å². The monoisotopic (exact) mass is 356 g/mol. The van der Waals surface area contributed by atoms with E-state index in [1.165, 1.54) is 0 Å². The molecule has 26 heavy (non-hydrogen) atoms. The van der Waals surface area contributed by atoms with Gasteiger partial charge in [0, 0.05) is 12.2 Å². The number of allylic oxidation sites excluding steroid dienone is 2. The number of hydrogen-bond acceptors (Lipinski definition) is 4. The lowest BCUT2D eigenvalue weighted by Gasteiger charge is -2.24. The van der Waals surface area contributed by atoms with E-state index < -0.39 is 17.8 Å². The molecule has 0 spiro atoms. The summed E-state index contributed by atoms with van der Waals surface area (Å²) < 4.78 is 4.90. The number of nitrogens with one attached hydrogen (secondary N) is 1. The number of cyclic esters (lactones) is 1. The van der Waals surface area contributed by atoms with Crippen molar-refractivity contribution in [1.29, 1.82) is 0 Å². The molecule has 1 saturated heterocycles. The molecule has 4 atom stereocenters.